The summed E-state index contributed by atoms with van der Waals surface area (Å²) in [7, 11) is 0. The van der Waals surface area contributed by atoms with Crippen molar-refractivity contribution in [3.05, 3.63) is 37.2 Å². The molecule has 3 nitrogen and oxygen atoms in total. The molecule has 5 heteroatoms. The van der Waals surface area contributed by atoms with Crippen LogP contribution < -0.4 is 0 Å². The molecule has 0 amide bonds. The molecule has 0 unspecified atom stereocenters. The SMILES string of the molecule is Cc1cc([N+](=O)[O-])cc(F)c1I. The molecule has 0 atom stereocenters. The number of halogens is 2. The quantitative estimate of drug-likeness (QED) is 0.451. The van der Waals surface area contributed by atoms with Crippen LogP contribution in [-0.4, -0.2) is 4.92 Å². The average molecular weight is 281 g/mol. The van der Waals surface area contributed by atoms with Crippen LogP contribution in [0.15, 0.2) is 12.1 Å². The summed E-state index contributed by atoms with van der Waals surface area (Å²) in [5.74, 6) is -0.540. The van der Waals surface area contributed by atoms with Crippen LogP contribution in [0.25, 0.3) is 0 Å². The van der Waals surface area contributed by atoms with E-state index in [0.29, 0.717) is 9.13 Å². The summed E-state index contributed by atoms with van der Waals surface area (Å²) in [5, 5.41) is 10.3. The van der Waals surface area contributed by atoms with E-state index in [2.05, 4.69) is 0 Å². The minimum Gasteiger partial charge on any atom is -0.258 e. The predicted molar refractivity (Wildman–Crippen MR) is 50.5 cm³/mol. The van der Waals surface area contributed by atoms with Gasteiger partial charge in [0, 0.05) is 6.07 Å². The van der Waals surface area contributed by atoms with Gasteiger partial charge in [0.05, 0.1) is 14.6 Å². The summed E-state index contributed by atoms with van der Waals surface area (Å²) in [5.41, 5.74) is 0.382. The van der Waals surface area contributed by atoms with E-state index in [4.69, 9.17) is 0 Å². The highest BCUT2D eigenvalue weighted by atomic mass is 127. The Morgan fingerprint density at radius 3 is 2.58 bits per heavy atom. The standard InChI is InChI=1S/C7H5FINO2/c1-4-2-5(10(11)12)3-6(8)7(4)9/h2-3H,1H3. The maximum absolute atomic E-state index is 12.9. The molecule has 0 radical (unpaired) electrons. The molecule has 0 N–H and O–H groups in total. The Labute approximate surface area is 81.9 Å². The smallest absolute Gasteiger partial charge is 0.258 e. The Kier molecular flexibility index (Phi) is 2.61. The Hall–Kier alpha value is -0.720. The first-order chi connectivity index (χ1) is 5.52. The van der Waals surface area contributed by atoms with Gasteiger partial charge in [-0.15, -0.1) is 0 Å². The predicted octanol–water partition coefficient (Wildman–Crippen LogP) is 2.65. The topological polar surface area (TPSA) is 43.1 Å². The fraction of sp³-hybridized carbons (Fsp3) is 0.143. The van der Waals surface area contributed by atoms with Gasteiger partial charge in [-0.05, 0) is 35.1 Å². The van der Waals surface area contributed by atoms with Gasteiger partial charge in [-0.1, -0.05) is 0 Å². The highest BCUT2D eigenvalue weighted by molar-refractivity contribution is 14.1. The lowest BCUT2D eigenvalue weighted by molar-refractivity contribution is -0.385. The Bertz CT molecular complexity index is 317. The molecule has 0 aromatic heterocycles. The molecule has 0 fully saturated rings. The summed E-state index contributed by atoms with van der Waals surface area (Å²) >= 11 is 1.81. The van der Waals surface area contributed by atoms with Crippen LogP contribution in [-0.2, 0) is 0 Å². The molecule has 0 heterocycles. The lowest BCUT2D eigenvalue weighted by Gasteiger charge is -1.98. The zero-order chi connectivity index (χ0) is 9.30. The molecular weight excluding hydrogens is 276 g/mol. The van der Waals surface area contributed by atoms with Crippen LogP contribution in [0.3, 0.4) is 0 Å². The molecule has 0 aliphatic rings. The van der Waals surface area contributed by atoms with Crippen LogP contribution in [0.2, 0.25) is 0 Å². The van der Waals surface area contributed by atoms with Gasteiger partial charge >= 0.3 is 0 Å². The second-order valence-corrected chi connectivity index (χ2v) is 3.39. The van der Waals surface area contributed by atoms with Crippen LogP contribution >= 0.6 is 22.6 Å². The van der Waals surface area contributed by atoms with Gasteiger partial charge in [0.25, 0.3) is 5.69 Å². The zero-order valence-corrected chi connectivity index (χ0v) is 8.33. The van der Waals surface area contributed by atoms with Crippen molar-refractivity contribution in [3.8, 4) is 0 Å². The first kappa shape index (κ1) is 9.37. The molecule has 1 aromatic rings. The number of nitro groups is 1. The van der Waals surface area contributed by atoms with Crippen LogP contribution in [0.5, 0.6) is 0 Å². The minimum atomic E-state index is -0.605. The minimum absolute atomic E-state index is 0.203. The number of nitrogens with zero attached hydrogens (tertiary/aromatic N) is 1. The largest absolute Gasteiger partial charge is 0.272 e. The number of hydrogen-bond donors (Lipinski definition) is 0. The third kappa shape index (κ3) is 1.71. The normalized spacial score (nSPS) is 9.92. The van der Waals surface area contributed by atoms with E-state index in [1.165, 1.54) is 6.07 Å². The number of hydrogen-bond acceptors (Lipinski definition) is 2. The van der Waals surface area contributed by atoms with Gasteiger partial charge in [0.2, 0.25) is 0 Å². The maximum atomic E-state index is 12.9. The lowest BCUT2D eigenvalue weighted by Crippen LogP contribution is -1.93. The summed E-state index contributed by atoms with van der Waals surface area (Å²) < 4.78 is 13.3. The molecule has 0 aliphatic heterocycles. The van der Waals surface area contributed by atoms with E-state index in [1.54, 1.807) is 6.92 Å². The molecule has 1 rings (SSSR count). The van der Waals surface area contributed by atoms with E-state index in [1.807, 2.05) is 22.6 Å². The van der Waals surface area contributed by atoms with Crippen molar-refractivity contribution in [2.75, 3.05) is 0 Å². The van der Waals surface area contributed by atoms with Gasteiger partial charge in [-0.2, -0.15) is 0 Å². The summed E-state index contributed by atoms with van der Waals surface area (Å²) in [4.78, 5) is 9.65. The Balaban J connectivity index is 3.31. The number of non-ortho nitro benzene ring substituents is 1. The molecule has 1 aromatic carbocycles. The van der Waals surface area contributed by atoms with Crippen LogP contribution in [0.1, 0.15) is 5.56 Å². The third-order valence-corrected chi connectivity index (χ3v) is 2.77. The van der Waals surface area contributed by atoms with Crippen LogP contribution in [0.4, 0.5) is 10.1 Å². The van der Waals surface area contributed by atoms with E-state index in [-0.39, 0.29) is 5.69 Å². The monoisotopic (exact) mass is 281 g/mol. The molecule has 0 aliphatic carbocycles. The first-order valence-corrected chi connectivity index (χ1v) is 4.20. The molecule has 12 heavy (non-hydrogen) atoms. The molecular formula is C7H5FINO2. The fourth-order valence-electron chi connectivity index (χ4n) is 0.814. The summed E-state index contributed by atoms with van der Waals surface area (Å²) in [6.07, 6.45) is 0. The van der Waals surface area contributed by atoms with Gasteiger partial charge in [-0.3, -0.25) is 10.1 Å². The Morgan fingerprint density at radius 1 is 1.58 bits per heavy atom. The first-order valence-electron chi connectivity index (χ1n) is 3.12. The number of nitro benzene ring substituents is 1. The second-order valence-electron chi connectivity index (χ2n) is 2.32. The molecule has 64 valence electrons. The van der Waals surface area contributed by atoms with Crippen molar-refractivity contribution in [1.29, 1.82) is 0 Å². The van der Waals surface area contributed by atoms with Crippen molar-refractivity contribution >= 4 is 28.3 Å². The lowest BCUT2D eigenvalue weighted by atomic mass is 10.2. The van der Waals surface area contributed by atoms with E-state index >= 15 is 0 Å². The third-order valence-electron chi connectivity index (χ3n) is 1.41. The molecule has 0 bridgehead atoms. The average Bonchev–Trinajstić information content (AvgIpc) is 1.99. The highest BCUT2D eigenvalue weighted by Crippen LogP contribution is 2.21. The number of rotatable bonds is 1. The van der Waals surface area contributed by atoms with E-state index in [0.717, 1.165) is 6.07 Å². The Morgan fingerprint density at radius 2 is 2.17 bits per heavy atom. The second kappa shape index (κ2) is 3.34. The highest BCUT2D eigenvalue weighted by Gasteiger charge is 2.11. The molecule has 0 saturated heterocycles. The van der Waals surface area contributed by atoms with Crippen molar-refractivity contribution in [2.24, 2.45) is 0 Å². The van der Waals surface area contributed by atoms with E-state index < -0.39 is 10.7 Å². The zero-order valence-electron chi connectivity index (χ0n) is 6.17. The van der Waals surface area contributed by atoms with E-state index in [9.17, 15) is 14.5 Å². The van der Waals surface area contributed by atoms with Gasteiger partial charge in [0.15, 0.2) is 0 Å². The summed E-state index contributed by atoms with van der Waals surface area (Å²) in [6, 6.07) is 2.28. The summed E-state index contributed by atoms with van der Waals surface area (Å²) in [6.45, 7) is 1.64. The van der Waals surface area contributed by atoms with Gasteiger partial charge in [0.1, 0.15) is 5.82 Å². The molecule has 0 spiro atoms. The molecule has 0 saturated carbocycles. The number of aryl methyl sites for hydroxylation is 1. The van der Waals surface area contributed by atoms with Crippen LogP contribution in [0, 0.1) is 26.4 Å². The van der Waals surface area contributed by atoms with Crippen molar-refractivity contribution in [1.82, 2.24) is 0 Å². The van der Waals surface area contributed by atoms with Gasteiger partial charge in [-0.25, -0.2) is 4.39 Å². The van der Waals surface area contributed by atoms with Crippen molar-refractivity contribution in [2.45, 2.75) is 6.92 Å². The van der Waals surface area contributed by atoms with Crippen molar-refractivity contribution in [3.63, 3.8) is 0 Å². The number of benzene rings is 1. The fourth-order valence-corrected chi connectivity index (χ4v) is 1.13. The van der Waals surface area contributed by atoms with Crippen molar-refractivity contribution < 1.29 is 9.31 Å². The van der Waals surface area contributed by atoms with Gasteiger partial charge < -0.3 is 0 Å². The maximum Gasteiger partial charge on any atom is 0.272 e.